The molecule has 1 aromatic carbocycles. The Labute approximate surface area is 120 Å². The molecule has 0 radical (unpaired) electrons. The Morgan fingerprint density at radius 1 is 0.905 bits per heavy atom. The molecule has 0 saturated heterocycles. The van der Waals surface area contributed by atoms with E-state index in [1.54, 1.807) is 6.92 Å². The lowest BCUT2D eigenvalue weighted by atomic mass is 9.92. The highest BCUT2D eigenvalue weighted by atomic mass is 19.2. The molecule has 0 aliphatic heterocycles. The lowest BCUT2D eigenvalue weighted by molar-refractivity contribution is 0.335. The molecule has 1 aliphatic rings. The molecule has 1 unspecified atom stereocenters. The third-order valence-electron chi connectivity index (χ3n) is 4.09. The Kier molecular flexibility index (Phi) is 5.19. The molecular formula is C15H18F5N. The van der Waals surface area contributed by atoms with Gasteiger partial charge in [0.25, 0.3) is 0 Å². The summed E-state index contributed by atoms with van der Waals surface area (Å²) in [5, 5.41) is 2.85. The van der Waals surface area contributed by atoms with Crippen LogP contribution in [-0.2, 0) is 0 Å². The number of rotatable bonds is 5. The molecule has 1 nitrogen and oxygen atoms in total. The van der Waals surface area contributed by atoms with Gasteiger partial charge < -0.3 is 5.32 Å². The van der Waals surface area contributed by atoms with Crippen LogP contribution in [0, 0.1) is 35.0 Å². The van der Waals surface area contributed by atoms with Crippen molar-refractivity contribution in [2.75, 3.05) is 6.54 Å². The molecule has 6 heteroatoms. The summed E-state index contributed by atoms with van der Waals surface area (Å²) in [5.74, 6) is -9.06. The number of nitrogens with one attached hydrogen (secondary N) is 1. The normalized spacial score (nSPS) is 17.4. The maximum atomic E-state index is 13.9. The molecule has 2 rings (SSSR count). The Hall–Kier alpha value is -1.17. The zero-order chi connectivity index (χ0) is 15.6. The van der Waals surface area contributed by atoms with E-state index < -0.39 is 40.7 Å². The SMILES string of the molecule is CCNC(CC1CCCC1)c1c(F)c(F)c(F)c(F)c1F. The van der Waals surface area contributed by atoms with Gasteiger partial charge in [0.2, 0.25) is 5.82 Å². The summed E-state index contributed by atoms with van der Waals surface area (Å²) in [6, 6.07) is -0.859. The van der Waals surface area contributed by atoms with Crippen molar-refractivity contribution in [1.29, 1.82) is 0 Å². The molecule has 0 aromatic heterocycles. The van der Waals surface area contributed by atoms with Crippen LogP contribution in [0.1, 0.15) is 50.6 Å². The Morgan fingerprint density at radius 2 is 1.38 bits per heavy atom. The lowest BCUT2D eigenvalue weighted by Crippen LogP contribution is -2.26. The van der Waals surface area contributed by atoms with Crippen molar-refractivity contribution in [1.82, 2.24) is 5.32 Å². The van der Waals surface area contributed by atoms with Gasteiger partial charge in [-0.1, -0.05) is 32.6 Å². The summed E-state index contributed by atoms with van der Waals surface area (Å²) in [4.78, 5) is 0. The highest BCUT2D eigenvalue weighted by molar-refractivity contribution is 5.27. The van der Waals surface area contributed by atoms with E-state index in [4.69, 9.17) is 0 Å². The van der Waals surface area contributed by atoms with Gasteiger partial charge in [-0.05, 0) is 18.9 Å². The topological polar surface area (TPSA) is 12.0 Å². The van der Waals surface area contributed by atoms with Gasteiger partial charge in [-0.25, -0.2) is 22.0 Å². The van der Waals surface area contributed by atoms with E-state index in [2.05, 4.69) is 5.32 Å². The zero-order valence-electron chi connectivity index (χ0n) is 11.8. The maximum absolute atomic E-state index is 13.9. The Bertz CT molecular complexity index is 482. The fourth-order valence-electron chi connectivity index (χ4n) is 3.06. The first-order valence-corrected chi connectivity index (χ1v) is 7.22. The first-order chi connectivity index (χ1) is 9.97. The van der Waals surface area contributed by atoms with Crippen molar-refractivity contribution in [3.8, 4) is 0 Å². The fourth-order valence-corrected chi connectivity index (χ4v) is 3.06. The molecule has 21 heavy (non-hydrogen) atoms. The van der Waals surface area contributed by atoms with Crippen LogP contribution in [0.5, 0.6) is 0 Å². The molecule has 1 aromatic rings. The van der Waals surface area contributed by atoms with Gasteiger partial charge in [-0.2, -0.15) is 0 Å². The van der Waals surface area contributed by atoms with Crippen molar-refractivity contribution in [3.63, 3.8) is 0 Å². The van der Waals surface area contributed by atoms with E-state index in [9.17, 15) is 22.0 Å². The van der Waals surface area contributed by atoms with Gasteiger partial charge in [0.15, 0.2) is 23.3 Å². The number of halogens is 5. The summed E-state index contributed by atoms with van der Waals surface area (Å²) in [7, 11) is 0. The minimum Gasteiger partial charge on any atom is -0.310 e. The molecule has 1 N–H and O–H groups in total. The summed E-state index contributed by atoms with van der Waals surface area (Å²) >= 11 is 0. The fraction of sp³-hybridized carbons (Fsp3) is 0.600. The molecule has 0 heterocycles. The van der Waals surface area contributed by atoms with Crippen LogP contribution in [0.4, 0.5) is 22.0 Å². The Balaban J connectivity index is 2.39. The van der Waals surface area contributed by atoms with Gasteiger partial charge in [-0.3, -0.25) is 0 Å². The third kappa shape index (κ3) is 3.20. The predicted molar refractivity (Wildman–Crippen MR) is 69.2 cm³/mol. The first-order valence-electron chi connectivity index (χ1n) is 7.22. The van der Waals surface area contributed by atoms with E-state index >= 15 is 0 Å². The smallest absolute Gasteiger partial charge is 0.200 e. The van der Waals surface area contributed by atoms with E-state index in [1.807, 2.05) is 0 Å². The molecular weight excluding hydrogens is 289 g/mol. The van der Waals surface area contributed by atoms with Gasteiger partial charge in [0, 0.05) is 11.6 Å². The van der Waals surface area contributed by atoms with Crippen LogP contribution < -0.4 is 5.32 Å². The Morgan fingerprint density at radius 3 is 1.86 bits per heavy atom. The molecule has 118 valence electrons. The highest BCUT2D eigenvalue weighted by Crippen LogP contribution is 2.36. The van der Waals surface area contributed by atoms with Crippen LogP contribution in [0.25, 0.3) is 0 Å². The largest absolute Gasteiger partial charge is 0.310 e. The average molecular weight is 307 g/mol. The minimum absolute atomic E-state index is 0.254. The van der Waals surface area contributed by atoms with Crippen molar-refractivity contribution in [2.45, 2.75) is 45.1 Å². The van der Waals surface area contributed by atoms with Gasteiger partial charge >= 0.3 is 0 Å². The number of hydrogen-bond donors (Lipinski definition) is 1. The maximum Gasteiger partial charge on any atom is 0.200 e. The first kappa shape index (κ1) is 16.2. The van der Waals surface area contributed by atoms with Gasteiger partial charge in [-0.15, -0.1) is 0 Å². The zero-order valence-corrected chi connectivity index (χ0v) is 11.8. The van der Waals surface area contributed by atoms with Crippen LogP contribution >= 0.6 is 0 Å². The van der Waals surface area contributed by atoms with Gasteiger partial charge in [0.1, 0.15) is 0 Å². The summed E-state index contributed by atoms with van der Waals surface area (Å²) in [6.45, 7) is 2.12. The van der Waals surface area contributed by atoms with E-state index in [0.717, 1.165) is 25.7 Å². The minimum atomic E-state index is -2.11. The second-order valence-electron chi connectivity index (χ2n) is 5.48. The molecule has 0 amide bonds. The predicted octanol–water partition coefficient (Wildman–Crippen LogP) is 4.61. The number of benzene rings is 1. The summed E-state index contributed by atoms with van der Waals surface area (Å²) < 4.78 is 67.5. The van der Waals surface area contributed by atoms with Crippen LogP contribution in [0.3, 0.4) is 0 Å². The highest BCUT2D eigenvalue weighted by Gasteiger charge is 2.31. The lowest BCUT2D eigenvalue weighted by Gasteiger charge is -2.23. The van der Waals surface area contributed by atoms with E-state index in [1.165, 1.54) is 0 Å². The standard InChI is InChI=1S/C15H18F5N/c1-2-21-9(7-8-5-3-4-6-8)10-11(16)13(18)15(20)14(19)12(10)17/h8-9,21H,2-7H2,1H3. The van der Waals surface area contributed by atoms with Crippen LogP contribution in [-0.4, -0.2) is 6.54 Å². The van der Waals surface area contributed by atoms with Crippen LogP contribution in [0.2, 0.25) is 0 Å². The molecule has 1 aliphatic carbocycles. The third-order valence-corrected chi connectivity index (χ3v) is 4.09. The quantitative estimate of drug-likeness (QED) is 0.476. The van der Waals surface area contributed by atoms with Gasteiger partial charge in [0.05, 0.1) is 0 Å². The monoisotopic (exact) mass is 307 g/mol. The molecule has 0 spiro atoms. The van der Waals surface area contributed by atoms with Crippen LogP contribution in [0.15, 0.2) is 0 Å². The van der Waals surface area contributed by atoms with Crippen molar-refractivity contribution in [2.24, 2.45) is 5.92 Å². The average Bonchev–Trinajstić information content (AvgIpc) is 2.96. The number of hydrogen-bond acceptors (Lipinski definition) is 1. The second-order valence-corrected chi connectivity index (χ2v) is 5.48. The molecule has 1 atom stereocenters. The molecule has 1 fully saturated rings. The van der Waals surface area contributed by atoms with Crippen molar-refractivity contribution in [3.05, 3.63) is 34.6 Å². The summed E-state index contributed by atoms with van der Waals surface area (Å²) in [6.07, 6.45) is 4.32. The second kappa shape index (κ2) is 6.73. The molecule has 1 saturated carbocycles. The van der Waals surface area contributed by atoms with E-state index in [-0.39, 0.29) is 5.92 Å². The van der Waals surface area contributed by atoms with Crippen molar-refractivity contribution < 1.29 is 22.0 Å². The molecule has 0 bridgehead atoms. The van der Waals surface area contributed by atoms with Crippen molar-refractivity contribution >= 4 is 0 Å². The summed E-state index contributed by atoms with van der Waals surface area (Å²) in [5.41, 5.74) is -0.736. The van der Waals surface area contributed by atoms with E-state index in [0.29, 0.717) is 13.0 Å².